The highest BCUT2D eigenvalue weighted by Crippen LogP contribution is 2.32. The molecule has 0 aliphatic heterocycles. The minimum atomic E-state index is 0.466. The molecule has 1 saturated carbocycles. The van der Waals surface area contributed by atoms with Crippen molar-refractivity contribution in [3.05, 3.63) is 18.0 Å². The number of aromatic nitrogens is 2. The summed E-state index contributed by atoms with van der Waals surface area (Å²) in [4.78, 5) is 0. The largest absolute Gasteiger partial charge is 0.319 e. The van der Waals surface area contributed by atoms with Gasteiger partial charge in [-0.15, -0.1) is 0 Å². The van der Waals surface area contributed by atoms with E-state index in [2.05, 4.69) is 43.2 Å². The van der Waals surface area contributed by atoms with Crippen LogP contribution in [-0.2, 0) is 6.42 Å². The smallest absolute Gasteiger partial charge is 0.0628 e. The summed E-state index contributed by atoms with van der Waals surface area (Å²) in [6.45, 7) is 5.48. The lowest BCUT2D eigenvalue weighted by Crippen LogP contribution is -2.26. The van der Waals surface area contributed by atoms with Gasteiger partial charge < -0.3 is 5.32 Å². The Balaban J connectivity index is 1.98. The first-order valence-electron chi connectivity index (χ1n) is 7.39. The second kappa shape index (κ2) is 6.37. The summed E-state index contributed by atoms with van der Waals surface area (Å²) in [5.41, 5.74) is 1.26. The van der Waals surface area contributed by atoms with Crippen LogP contribution in [0, 0.1) is 11.8 Å². The molecule has 1 heterocycles. The zero-order valence-corrected chi connectivity index (χ0v) is 12.0. The highest BCUT2D eigenvalue weighted by Gasteiger charge is 2.25. The molecule has 18 heavy (non-hydrogen) atoms. The maximum Gasteiger partial charge on any atom is 0.0628 e. The first-order valence-corrected chi connectivity index (χ1v) is 7.39. The van der Waals surface area contributed by atoms with E-state index in [0.29, 0.717) is 6.04 Å². The first-order chi connectivity index (χ1) is 8.70. The number of hydrogen-bond acceptors (Lipinski definition) is 2. The highest BCUT2D eigenvalue weighted by molar-refractivity contribution is 5.02. The van der Waals surface area contributed by atoms with Crippen LogP contribution < -0.4 is 5.32 Å². The third-order valence-electron chi connectivity index (χ3n) is 4.20. The monoisotopic (exact) mass is 249 g/mol. The first kappa shape index (κ1) is 13.6. The molecule has 0 spiro atoms. The maximum absolute atomic E-state index is 4.69. The summed E-state index contributed by atoms with van der Waals surface area (Å²) in [5, 5.41) is 8.05. The molecule has 1 fully saturated rings. The molecule has 0 radical (unpaired) electrons. The summed E-state index contributed by atoms with van der Waals surface area (Å²) in [6.07, 6.45) is 8.92. The number of nitrogens with one attached hydrogen (secondary N) is 1. The van der Waals surface area contributed by atoms with Gasteiger partial charge in [0, 0.05) is 12.2 Å². The van der Waals surface area contributed by atoms with Crippen molar-refractivity contribution in [1.82, 2.24) is 15.1 Å². The molecule has 1 unspecified atom stereocenters. The lowest BCUT2D eigenvalue weighted by atomic mass is 9.87. The fourth-order valence-corrected chi connectivity index (χ4v) is 3.14. The Hall–Kier alpha value is -0.830. The second-order valence-corrected chi connectivity index (χ2v) is 5.95. The van der Waals surface area contributed by atoms with E-state index in [1.807, 2.05) is 0 Å². The van der Waals surface area contributed by atoms with Crippen LogP contribution in [0.3, 0.4) is 0 Å². The highest BCUT2D eigenvalue weighted by atomic mass is 15.3. The second-order valence-electron chi connectivity index (χ2n) is 5.95. The predicted molar refractivity (Wildman–Crippen MR) is 75.7 cm³/mol. The van der Waals surface area contributed by atoms with Gasteiger partial charge in [-0.3, -0.25) is 4.68 Å². The van der Waals surface area contributed by atoms with Crippen LogP contribution in [-0.4, -0.2) is 23.4 Å². The van der Waals surface area contributed by atoms with Crippen LogP contribution in [0.4, 0.5) is 0 Å². The summed E-state index contributed by atoms with van der Waals surface area (Å²) in [6, 6.07) is 2.66. The molecular formula is C15H27N3. The minimum Gasteiger partial charge on any atom is -0.319 e. The van der Waals surface area contributed by atoms with Gasteiger partial charge in [0.05, 0.1) is 5.69 Å². The fourth-order valence-electron chi connectivity index (χ4n) is 3.14. The van der Waals surface area contributed by atoms with Crippen LogP contribution >= 0.6 is 0 Å². The topological polar surface area (TPSA) is 29.9 Å². The van der Waals surface area contributed by atoms with Gasteiger partial charge in [0.2, 0.25) is 0 Å². The van der Waals surface area contributed by atoms with Gasteiger partial charge in [0.15, 0.2) is 0 Å². The summed E-state index contributed by atoms with van der Waals surface area (Å²) in [7, 11) is 2.06. The molecule has 1 N–H and O–H groups in total. The van der Waals surface area contributed by atoms with Crippen LogP contribution in [0.15, 0.2) is 12.3 Å². The molecule has 1 aliphatic carbocycles. The quantitative estimate of drug-likeness (QED) is 0.840. The van der Waals surface area contributed by atoms with Crippen molar-refractivity contribution >= 4 is 0 Å². The van der Waals surface area contributed by atoms with Crippen molar-refractivity contribution in [2.75, 3.05) is 13.6 Å². The molecule has 3 nitrogen and oxygen atoms in total. The van der Waals surface area contributed by atoms with Crippen molar-refractivity contribution in [2.24, 2.45) is 11.8 Å². The number of rotatable bonds is 6. The van der Waals surface area contributed by atoms with Crippen LogP contribution in [0.2, 0.25) is 0 Å². The van der Waals surface area contributed by atoms with E-state index in [-0.39, 0.29) is 0 Å². The van der Waals surface area contributed by atoms with Crippen molar-refractivity contribution in [1.29, 1.82) is 0 Å². The van der Waals surface area contributed by atoms with E-state index < -0.39 is 0 Å². The average Bonchev–Trinajstić information content (AvgIpc) is 2.99. The van der Waals surface area contributed by atoms with Gasteiger partial charge in [0.1, 0.15) is 0 Å². The van der Waals surface area contributed by atoms with E-state index in [4.69, 9.17) is 5.10 Å². The van der Waals surface area contributed by atoms with Crippen LogP contribution in [0.5, 0.6) is 0 Å². The van der Waals surface area contributed by atoms with E-state index >= 15 is 0 Å². The molecule has 3 heteroatoms. The molecule has 1 aromatic rings. The zero-order chi connectivity index (χ0) is 13.0. The molecular weight excluding hydrogens is 222 g/mol. The molecule has 0 amide bonds. The number of hydrogen-bond donors (Lipinski definition) is 1. The van der Waals surface area contributed by atoms with Crippen molar-refractivity contribution < 1.29 is 0 Å². The summed E-state index contributed by atoms with van der Waals surface area (Å²) in [5.74, 6) is 1.66. The Kier molecular flexibility index (Phi) is 4.81. The maximum atomic E-state index is 4.69. The third-order valence-corrected chi connectivity index (χ3v) is 4.20. The molecule has 0 bridgehead atoms. The third kappa shape index (κ3) is 3.35. The fraction of sp³-hybridized carbons (Fsp3) is 0.800. The van der Waals surface area contributed by atoms with E-state index in [1.54, 1.807) is 0 Å². The average molecular weight is 249 g/mol. The molecule has 1 atom stereocenters. The Labute approximate surface area is 111 Å². The van der Waals surface area contributed by atoms with E-state index in [0.717, 1.165) is 24.8 Å². The Morgan fingerprint density at radius 1 is 1.39 bits per heavy atom. The van der Waals surface area contributed by atoms with Gasteiger partial charge in [-0.05, 0) is 51.8 Å². The number of nitrogens with zero attached hydrogens (tertiary/aromatic N) is 2. The van der Waals surface area contributed by atoms with Crippen molar-refractivity contribution in [3.63, 3.8) is 0 Å². The van der Waals surface area contributed by atoms with Gasteiger partial charge in [0.25, 0.3) is 0 Å². The van der Waals surface area contributed by atoms with Gasteiger partial charge in [-0.2, -0.15) is 5.10 Å². The molecule has 102 valence electrons. The normalized spacial score (nSPS) is 18.7. The molecule has 0 saturated heterocycles. The van der Waals surface area contributed by atoms with E-state index in [1.165, 1.54) is 31.4 Å². The lowest BCUT2D eigenvalue weighted by molar-refractivity contribution is 0.324. The summed E-state index contributed by atoms with van der Waals surface area (Å²) < 4.78 is 2.07. The molecule has 1 aliphatic rings. The van der Waals surface area contributed by atoms with Crippen molar-refractivity contribution in [2.45, 2.75) is 52.0 Å². The Morgan fingerprint density at radius 2 is 2.11 bits per heavy atom. The molecule has 2 rings (SSSR count). The van der Waals surface area contributed by atoms with Gasteiger partial charge in [-0.1, -0.05) is 25.7 Å². The lowest BCUT2D eigenvalue weighted by Gasteiger charge is -2.22. The minimum absolute atomic E-state index is 0.466. The van der Waals surface area contributed by atoms with E-state index in [9.17, 15) is 0 Å². The standard InChI is InChI=1S/C15H27N3/c1-12(2)18-9-8-15(17-18)10-14(11-16-3)13-6-4-5-7-13/h8-9,12-14,16H,4-7,10-11H2,1-3H3. The van der Waals surface area contributed by atoms with Gasteiger partial charge >= 0.3 is 0 Å². The SMILES string of the molecule is CNCC(Cc1ccn(C(C)C)n1)C1CCCC1. The van der Waals surface area contributed by atoms with Crippen LogP contribution in [0.25, 0.3) is 0 Å². The van der Waals surface area contributed by atoms with Crippen LogP contribution in [0.1, 0.15) is 51.3 Å². The summed E-state index contributed by atoms with van der Waals surface area (Å²) >= 11 is 0. The zero-order valence-electron chi connectivity index (χ0n) is 12.0. The molecule has 0 aromatic carbocycles. The van der Waals surface area contributed by atoms with Gasteiger partial charge in [-0.25, -0.2) is 0 Å². The Bertz CT molecular complexity index is 350. The molecule has 1 aromatic heterocycles. The predicted octanol–water partition coefficient (Wildman–Crippen LogP) is 3.03. The Morgan fingerprint density at radius 3 is 2.67 bits per heavy atom. The van der Waals surface area contributed by atoms with Crippen molar-refractivity contribution in [3.8, 4) is 0 Å².